The fraction of sp³-hybridized carbons (Fsp3) is 0.308. The van der Waals surface area contributed by atoms with Crippen LogP contribution in [0.4, 0.5) is 11.8 Å². The van der Waals surface area contributed by atoms with E-state index in [2.05, 4.69) is 25.4 Å². The lowest BCUT2D eigenvalue weighted by Gasteiger charge is -2.19. The third-order valence-electron chi connectivity index (χ3n) is 7.12. The molecular formula is C26H28N8O3. The third kappa shape index (κ3) is 4.16. The van der Waals surface area contributed by atoms with Crippen molar-refractivity contribution in [1.82, 2.24) is 29.3 Å². The Hall–Kier alpha value is -4.06. The smallest absolute Gasteiger partial charge is 0.227 e. The molecule has 3 aromatic heterocycles. The summed E-state index contributed by atoms with van der Waals surface area (Å²) in [6, 6.07) is 16.3. The summed E-state index contributed by atoms with van der Waals surface area (Å²) in [5.41, 5.74) is 9.01. The number of imidazole rings is 1. The number of fused-ring (bicyclic) bond motifs is 2. The fourth-order valence-electron chi connectivity index (χ4n) is 5.25. The van der Waals surface area contributed by atoms with E-state index >= 15 is 0 Å². The minimum atomic E-state index is -1.07. The first-order chi connectivity index (χ1) is 18.0. The first-order valence-corrected chi connectivity index (χ1v) is 12.2. The van der Waals surface area contributed by atoms with E-state index in [9.17, 15) is 15.3 Å². The van der Waals surface area contributed by atoms with E-state index in [0.717, 1.165) is 16.5 Å². The van der Waals surface area contributed by atoms with Crippen molar-refractivity contribution in [2.75, 3.05) is 17.7 Å². The average Bonchev–Trinajstić information content (AvgIpc) is 3.61. The average molecular weight is 501 g/mol. The van der Waals surface area contributed by atoms with E-state index in [-0.39, 0.29) is 24.4 Å². The number of nitrogens with one attached hydrogen (secondary N) is 1. The maximum atomic E-state index is 11.1. The third-order valence-corrected chi connectivity index (χ3v) is 7.12. The molecule has 190 valence electrons. The fourth-order valence-corrected chi connectivity index (χ4v) is 5.25. The Morgan fingerprint density at radius 1 is 1.00 bits per heavy atom. The van der Waals surface area contributed by atoms with E-state index in [1.54, 1.807) is 21.8 Å². The summed E-state index contributed by atoms with van der Waals surface area (Å²) in [6.45, 7) is -0.123. The van der Waals surface area contributed by atoms with E-state index < -0.39 is 24.3 Å². The summed E-state index contributed by atoms with van der Waals surface area (Å²) in [5.74, 6) is 0.440. The molecule has 2 aromatic carbocycles. The van der Waals surface area contributed by atoms with Gasteiger partial charge in [-0.1, -0.05) is 48.5 Å². The zero-order valence-electron chi connectivity index (χ0n) is 20.0. The molecule has 37 heavy (non-hydrogen) atoms. The number of nitrogens with two attached hydrogens (primary N) is 1. The van der Waals surface area contributed by atoms with Crippen LogP contribution in [0.1, 0.15) is 24.1 Å². The standard InChI is InChI=1S/C26H28N8O3/c27-24-21-25(32-26(31-24)30-17(13-35)10-15-6-2-1-3-7-15)33(14-28-21)19-11-20(23(37)22(19)36)34-18-9-5-4-8-16(18)12-29-34/h1-9,12,14,17,19-20,22-23,35-37H,10-11,13H2,(H3,27,30,31,32)/t17-,19+,20-,22-,23+/m0/s1. The first-order valence-electron chi connectivity index (χ1n) is 12.2. The van der Waals surface area contributed by atoms with Crippen LogP contribution >= 0.6 is 0 Å². The number of aromatic nitrogens is 6. The molecule has 11 nitrogen and oxygen atoms in total. The largest absolute Gasteiger partial charge is 0.394 e. The molecule has 6 N–H and O–H groups in total. The summed E-state index contributed by atoms with van der Waals surface area (Å²) in [6.07, 6.45) is 2.21. The van der Waals surface area contributed by atoms with Crippen LogP contribution in [-0.2, 0) is 6.42 Å². The van der Waals surface area contributed by atoms with Crippen molar-refractivity contribution >= 4 is 33.8 Å². The van der Waals surface area contributed by atoms with Gasteiger partial charge >= 0.3 is 0 Å². The first kappa shape index (κ1) is 23.3. The lowest BCUT2D eigenvalue weighted by molar-refractivity contribution is 0.00789. The van der Waals surface area contributed by atoms with Gasteiger partial charge in [-0.3, -0.25) is 4.68 Å². The SMILES string of the molecule is Nc1nc(N[C@H](CO)Cc2ccccc2)nc2c1ncn2[C@@H]1C[C@H](n2ncc3ccccc32)[C@@H](O)[C@H]1O. The Kier molecular flexibility index (Phi) is 5.95. The molecule has 0 aliphatic heterocycles. The molecule has 0 unspecified atom stereocenters. The van der Waals surface area contributed by atoms with Crippen molar-refractivity contribution in [2.24, 2.45) is 0 Å². The molecule has 0 saturated heterocycles. The second-order valence-electron chi connectivity index (χ2n) is 9.47. The molecule has 1 aliphatic rings. The number of nitrogen functional groups attached to an aromatic ring is 1. The molecule has 0 radical (unpaired) electrons. The summed E-state index contributed by atoms with van der Waals surface area (Å²) >= 11 is 0. The van der Waals surface area contributed by atoms with Crippen molar-refractivity contribution < 1.29 is 15.3 Å². The number of para-hydroxylation sites is 1. The van der Waals surface area contributed by atoms with Crippen LogP contribution in [0.2, 0.25) is 0 Å². The number of hydrogen-bond donors (Lipinski definition) is 5. The van der Waals surface area contributed by atoms with Gasteiger partial charge in [0.05, 0.1) is 42.8 Å². The van der Waals surface area contributed by atoms with Crippen LogP contribution in [0, 0.1) is 0 Å². The van der Waals surface area contributed by atoms with Crippen LogP contribution < -0.4 is 11.1 Å². The van der Waals surface area contributed by atoms with Crippen molar-refractivity contribution in [3.63, 3.8) is 0 Å². The van der Waals surface area contributed by atoms with Gasteiger partial charge in [0.25, 0.3) is 0 Å². The lowest BCUT2D eigenvalue weighted by Crippen LogP contribution is -2.30. The van der Waals surface area contributed by atoms with Crippen molar-refractivity contribution in [3.05, 3.63) is 72.7 Å². The molecule has 5 aromatic rings. The number of aliphatic hydroxyl groups excluding tert-OH is 3. The summed E-state index contributed by atoms with van der Waals surface area (Å²) in [4.78, 5) is 13.4. The summed E-state index contributed by atoms with van der Waals surface area (Å²) < 4.78 is 3.51. The zero-order chi connectivity index (χ0) is 25.5. The second-order valence-corrected chi connectivity index (χ2v) is 9.47. The van der Waals surface area contributed by atoms with Gasteiger partial charge in [-0.2, -0.15) is 15.1 Å². The van der Waals surface area contributed by atoms with Gasteiger partial charge in [-0.15, -0.1) is 0 Å². The quantitative estimate of drug-likeness (QED) is 0.224. The number of hydrogen-bond acceptors (Lipinski definition) is 9. The van der Waals surface area contributed by atoms with Gasteiger partial charge in [-0.25, -0.2) is 4.98 Å². The van der Waals surface area contributed by atoms with Gasteiger partial charge in [0.2, 0.25) is 5.95 Å². The highest BCUT2D eigenvalue weighted by atomic mass is 16.3. The maximum absolute atomic E-state index is 11.1. The highest BCUT2D eigenvalue weighted by molar-refractivity contribution is 5.83. The van der Waals surface area contributed by atoms with Crippen LogP contribution in [-0.4, -0.2) is 69.5 Å². The topological polar surface area (TPSA) is 160 Å². The number of aliphatic hydroxyl groups is 3. The minimum absolute atomic E-state index is 0.123. The van der Waals surface area contributed by atoms with Gasteiger partial charge in [0.15, 0.2) is 11.5 Å². The number of benzene rings is 2. The van der Waals surface area contributed by atoms with Gasteiger partial charge in [-0.05, 0) is 24.5 Å². The van der Waals surface area contributed by atoms with Gasteiger partial charge < -0.3 is 30.9 Å². The Morgan fingerprint density at radius 2 is 1.76 bits per heavy atom. The Balaban J connectivity index is 1.30. The predicted molar refractivity (Wildman–Crippen MR) is 139 cm³/mol. The number of rotatable bonds is 7. The highest BCUT2D eigenvalue weighted by Gasteiger charge is 2.45. The molecule has 11 heteroatoms. The highest BCUT2D eigenvalue weighted by Crippen LogP contribution is 2.40. The molecule has 0 spiro atoms. The van der Waals surface area contributed by atoms with E-state index in [0.29, 0.717) is 24.0 Å². The maximum Gasteiger partial charge on any atom is 0.227 e. The van der Waals surface area contributed by atoms with Crippen molar-refractivity contribution in [1.29, 1.82) is 0 Å². The molecule has 0 bridgehead atoms. The number of nitrogens with zero attached hydrogens (tertiary/aromatic N) is 6. The molecule has 1 aliphatic carbocycles. The minimum Gasteiger partial charge on any atom is -0.394 e. The summed E-state index contributed by atoms with van der Waals surface area (Å²) in [7, 11) is 0. The van der Waals surface area contributed by atoms with E-state index in [1.807, 2.05) is 54.6 Å². The molecule has 1 saturated carbocycles. The summed E-state index contributed by atoms with van der Waals surface area (Å²) in [5, 5.41) is 40.6. The van der Waals surface area contributed by atoms with Crippen molar-refractivity contribution in [3.8, 4) is 0 Å². The number of anilines is 2. The van der Waals surface area contributed by atoms with Crippen LogP contribution in [0.15, 0.2) is 67.1 Å². The monoisotopic (exact) mass is 500 g/mol. The molecule has 0 amide bonds. The molecule has 6 rings (SSSR count). The van der Waals surface area contributed by atoms with Crippen LogP contribution in [0.25, 0.3) is 22.1 Å². The second kappa shape index (κ2) is 9.43. The lowest BCUT2D eigenvalue weighted by atomic mass is 10.1. The Bertz CT molecular complexity index is 1540. The predicted octanol–water partition coefficient (Wildman–Crippen LogP) is 1.68. The zero-order valence-corrected chi connectivity index (χ0v) is 20.0. The Labute approximate surface area is 212 Å². The molecule has 5 atom stereocenters. The van der Waals surface area contributed by atoms with E-state index in [4.69, 9.17) is 5.73 Å². The van der Waals surface area contributed by atoms with E-state index in [1.165, 1.54) is 0 Å². The normalized spacial score (nSPS) is 22.6. The van der Waals surface area contributed by atoms with Gasteiger partial charge in [0.1, 0.15) is 17.7 Å². The molecule has 1 fully saturated rings. The van der Waals surface area contributed by atoms with Crippen LogP contribution in [0.5, 0.6) is 0 Å². The Morgan fingerprint density at radius 3 is 2.57 bits per heavy atom. The molecule has 3 heterocycles. The van der Waals surface area contributed by atoms with Gasteiger partial charge in [0, 0.05) is 5.39 Å². The molecular weight excluding hydrogens is 472 g/mol. The van der Waals surface area contributed by atoms with Crippen molar-refractivity contribution in [2.45, 2.75) is 43.2 Å². The van der Waals surface area contributed by atoms with Crippen LogP contribution in [0.3, 0.4) is 0 Å².